The van der Waals surface area contributed by atoms with Crippen LogP contribution in [-0.4, -0.2) is 26.0 Å². The average molecular weight is 320 g/mol. The minimum atomic E-state index is -3.68. The third-order valence-electron chi connectivity index (χ3n) is 3.04. The molecular weight excluding hydrogens is 302 g/mol. The third kappa shape index (κ3) is 4.77. The second-order valence-corrected chi connectivity index (χ2v) is 6.81. The maximum absolute atomic E-state index is 12.2. The number of hydrogen-bond acceptors (Lipinski definition) is 3. The van der Waals surface area contributed by atoms with E-state index in [1.165, 1.54) is 6.07 Å². The molecule has 0 radical (unpaired) electrons. The number of carbonyl (C=O) groups is 1. The molecule has 0 bridgehead atoms. The van der Waals surface area contributed by atoms with E-state index in [1.54, 1.807) is 19.1 Å². The van der Waals surface area contributed by atoms with Crippen LogP contribution in [0.2, 0.25) is 5.02 Å². The predicted octanol–water partition coefficient (Wildman–Crippen LogP) is 2.43. The van der Waals surface area contributed by atoms with Crippen molar-refractivity contribution in [3.05, 3.63) is 28.8 Å². The Morgan fingerprint density at radius 3 is 2.65 bits per heavy atom. The fourth-order valence-corrected chi connectivity index (χ4v) is 3.40. The van der Waals surface area contributed by atoms with Crippen LogP contribution in [0.15, 0.2) is 23.1 Å². The van der Waals surface area contributed by atoms with Crippen LogP contribution in [0.25, 0.3) is 0 Å². The summed E-state index contributed by atoms with van der Waals surface area (Å²) in [5, 5.41) is 9.09. The zero-order chi connectivity index (χ0) is 15.3. The number of benzene rings is 1. The number of halogens is 1. The van der Waals surface area contributed by atoms with Crippen LogP contribution in [-0.2, 0) is 14.8 Å². The first-order chi connectivity index (χ1) is 9.26. The summed E-state index contributed by atoms with van der Waals surface area (Å²) >= 11 is 5.81. The number of nitrogens with one attached hydrogen (secondary N) is 1. The van der Waals surface area contributed by atoms with E-state index in [0.717, 1.165) is 0 Å². The van der Waals surface area contributed by atoms with E-state index in [2.05, 4.69) is 4.72 Å². The monoisotopic (exact) mass is 319 g/mol. The van der Waals surface area contributed by atoms with Gasteiger partial charge < -0.3 is 5.11 Å². The Labute approximate surface area is 124 Å². The summed E-state index contributed by atoms with van der Waals surface area (Å²) in [4.78, 5) is 10.8. The lowest BCUT2D eigenvalue weighted by Crippen LogP contribution is -2.30. The average Bonchev–Trinajstić information content (AvgIpc) is 2.36. The molecule has 1 aromatic carbocycles. The van der Waals surface area contributed by atoms with Crippen LogP contribution >= 0.6 is 11.6 Å². The highest BCUT2D eigenvalue weighted by atomic mass is 35.5. The molecule has 0 amide bonds. The molecule has 0 saturated heterocycles. The highest BCUT2D eigenvalue weighted by Gasteiger charge is 2.20. The van der Waals surface area contributed by atoms with Gasteiger partial charge in [-0.3, -0.25) is 4.79 Å². The molecule has 2 N–H and O–H groups in total. The molecule has 0 heterocycles. The van der Waals surface area contributed by atoms with Crippen molar-refractivity contribution in [1.29, 1.82) is 0 Å². The molecule has 1 atom stereocenters. The van der Waals surface area contributed by atoms with Gasteiger partial charge in [0.25, 0.3) is 0 Å². The van der Waals surface area contributed by atoms with E-state index < -0.39 is 16.0 Å². The topological polar surface area (TPSA) is 83.5 Å². The lowest BCUT2D eigenvalue weighted by molar-refractivity contribution is -0.138. The van der Waals surface area contributed by atoms with Gasteiger partial charge in [0.2, 0.25) is 10.0 Å². The van der Waals surface area contributed by atoms with Gasteiger partial charge in [-0.15, -0.1) is 0 Å². The van der Waals surface area contributed by atoms with Crippen molar-refractivity contribution in [2.75, 3.05) is 6.54 Å². The molecule has 0 aliphatic carbocycles. The molecule has 0 aliphatic heterocycles. The van der Waals surface area contributed by atoms with E-state index >= 15 is 0 Å². The number of carboxylic acid groups (broad SMARTS) is 1. The molecule has 5 nitrogen and oxygen atoms in total. The molecule has 20 heavy (non-hydrogen) atoms. The molecule has 0 aromatic heterocycles. The van der Waals surface area contributed by atoms with Crippen molar-refractivity contribution in [3.63, 3.8) is 0 Å². The normalized spacial score (nSPS) is 13.2. The summed E-state index contributed by atoms with van der Waals surface area (Å²) in [6.07, 6.45) is 0.525. The quantitative estimate of drug-likeness (QED) is 0.808. The minimum Gasteiger partial charge on any atom is -0.481 e. The zero-order valence-corrected chi connectivity index (χ0v) is 13.0. The van der Waals surface area contributed by atoms with Crippen LogP contribution < -0.4 is 4.72 Å². The molecule has 0 saturated carbocycles. The van der Waals surface area contributed by atoms with Gasteiger partial charge in [-0.25, -0.2) is 13.1 Å². The zero-order valence-electron chi connectivity index (χ0n) is 11.4. The summed E-state index contributed by atoms with van der Waals surface area (Å²) in [5.41, 5.74) is 0.591. The summed E-state index contributed by atoms with van der Waals surface area (Å²) in [6, 6.07) is 4.64. The van der Waals surface area contributed by atoms with Gasteiger partial charge in [-0.1, -0.05) is 31.0 Å². The molecule has 1 unspecified atom stereocenters. The van der Waals surface area contributed by atoms with Crippen LogP contribution in [0.1, 0.15) is 25.3 Å². The van der Waals surface area contributed by atoms with E-state index in [-0.39, 0.29) is 23.8 Å². The van der Waals surface area contributed by atoms with Gasteiger partial charge in [0.15, 0.2) is 0 Å². The van der Waals surface area contributed by atoms with Gasteiger partial charge >= 0.3 is 5.97 Å². The summed E-state index contributed by atoms with van der Waals surface area (Å²) in [6.45, 7) is 3.60. The van der Waals surface area contributed by atoms with Crippen LogP contribution in [0, 0.1) is 12.8 Å². The molecule has 0 spiro atoms. The number of hydrogen-bond donors (Lipinski definition) is 2. The number of aryl methyl sites for hydroxylation is 1. The summed E-state index contributed by atoms with van der Waals surface area (Å²) < 4.78 is 26.8. The number of carboxylic acids is 1. The number of rotatable bonds is 7. The first-order valence-electron chi connectivity index (χ1n) is 6.24. The standard InChI is InChI=1S/C13H18ClNO4S/c1-3-10(6-13(16)17)8-15-20(18,19)12-7-11(14)5-4-9(12)2/h4-5,7,10,15H,3,6,8H2,1-2H3,(H,16,17). The van der Waals surface area contributed by atoms with E-state index in [0.29, 0.717) is 17.0 Å². The van der Waals surface area contributed by atoms with Crippen LogP contribution in [0.5, 0.6) is 0 Å². The second kappa shape index (κ2) is 7.06. The Morgan fingerprint density at radius 2 is 2.10 bits per heavy atom. The van der Waals surface area contributed by atoms with Gasteiger partial charge in [0.1, 0.15) is 0 Å². The Hall–Kier alpha value is -1.11. The van der Waals surface area contributed by atoms with Gasteiger partial charge in [-0.2, -0.15) is 0 Å². The molecular formula is C13H18ClNO4S. The predicted molar refractivity (Wildman–Crippen MR) is 77.4 cm³/mol. The fourth-order valence-electron chi connectivity index (χ4n) is 1.78. The number of aliphatic carboxylic acids is 1. The highest BCUT2D eigenvalue weighted by molar-refractivity contribution is 7.89. The van der Waals surface area contributed by atoms with E-state index in [9.17, 15) is 13.2 Å². The van der Waals surface area contributed by atoms with E-state index in [4.69, 9.17) is 16.7 Å². The Morgan fingerprint density at radius 1 is 1.45 bits per heavy atom. The van der Waals surface area contributed by atoms with Crippen molar-refractivity contribution in [2.24, 2.45) is 5.92 Å². The Kier molecular flexibility index (Phi) is 5.98. The maximum Gasteiger partial charge on any atom is 0.303 e. The van der Waals surface area contributed by atoms with Crippen LogP contribution in [0.4, 0.5) is 0 Å². The number of sulfonamides is 1. The highest BCUT2D eigenvalue weighted by Crippen LogP contribution is 2.20. The lowest BCUT2D eigenvalue weighted by atomic mass is 10.0. The molecule has 1 aromatic rings. The first-order valence-corrected chi connectivity index (χ1v) is 8.10. The van der Waals surface area contributed by atoms with Gasteiger partial charge in [0, 0.05) is 18.0 Å². The smallest absolute Gasteiger partial charge is 0.303 e. The lowest BCUT2D eigenvalue weighted by Gasteiger charge is -2.15. The second-order valence-electron chi connectivity index (χ2n) is 4.63. The summed E-state index contributed by atoms with van der Waals surface area (Å²) in [5.74, 6) is -1.17. The first kappa shape index (κ1) is 16.9. The largest absolute Gasteiger partial charge is 0.481 e. The Balaban J connectivity index is 2.84. The van der Waals surface area contributed by atoms with Crippen LogP contribution in [0.3, 0.4) is 0 Å². The van der Waals surface area contributed by atoms with Crippen molar-refractivity contribution >= 4 is 27.6 Å². The minimum absolute atomic E-state index is 0.0620. The molecule has 0 fully saturated rings. The Bertz CT molecular complexity index is 586. The van der Waals surface area contributed by atoms with Gasteiger partial charge in [0.05, 0.1) is 4.90 Å². The van der Waals surface area contributed by atoms with Gasteiger partial charge in [-0.05, 0) is 30.5 Å². The van der Waals surface area contributed by atoms with Crippen molar-refractivity contribution in [2.45, 2.75) is 31.6 Å². The third-order valence-corrected chi connectivity index (χ3v) is 4.84. The maximum atomic E-state index is 12.2. The fraction of sp³-hybridized carbons (Fsp3) is 0.462. The van der Waals surface area contributed by atoms with Crippen molar-refractivity contribution in [3.8, 4) is 0 Å². The molecule has 0 aliphatic rings. The molecule has 7 heteroatoms. The van der Waals surface area contributed by atoms with Crippen molar-refractivity contribution < 1.29 is 18.3 Å². The summed E-state index contributed by atoms with van der Waals surface area (Å²) in [7, 11) is -3.68. The SMILES string of the molecule is CCC(CNS(=O)(=O)c1cc(Cl)ccc1C)CC(=O)O. The van der Waals surface area contributed by atoms with Crippen molar-refractivity contribution in [1.82, 2.24) is 4.72 Å². The molecule has 1 rings (SSSR count). The van der Waals surface area contributed by atoms with E-state index in [1.807, 2.05) is 6.92 Å². The molecule has 112 valence electrons.